The van der Waals surface area contributed by atoms with Gasteiger partial charge >= 0.3 is 0 Å². The van der Waals surface area contributed by atoms with Crippen LogP contribution in [-0.4, -0.2) is 4.92 Å². The number of hydrogen-bond donors (Lipinski definition) is 0. The first-order valence-corrected chi connectivity index (χ1v) is 6.94. The van der Waals surface area contributed by atoms with Crippen LogP contribution >= 0.6 is 15.9 Å². The highest BCUT2D eigenvalue weighted by molar-refractivity contribution is 9.10. The Labute approximate surface area is 120 Å². The van der Waals surface area contributed by atoms with Gasteiger partial charge < -0.3 is 0 Å². The SMILES string of the molecule is CCCc1ccc(-c2ccc(Br)cc2)c([N+](=O)[O-])c1. The van der Waals surface area contributed by atoms with E-state index in [0.717, 1.165) is 28.4 Å². The van der Waals surface area contributed by atoms with Crippen molar-refractivity contribution in [2.24, 2.45) is 0 Å². The Morgan fingerprint density at radius 1 is 1.16 bits per heavy atom. The van der Waals surface area contributed by atoms with Crippen LogP contribution in [0.15, 0.2) is 46.9 Å². The first kappa shape index (κ1) is 13.7. The maximum Gasteiger partial charge on any atom is 0.277 e. The minimum atomic E-state index is -0.309. The number of nitrogens with zero attached hydrogens (tertiary/aromatic N) is 1. The highest BCUT2D eigenvalue weighted by Crippen LogP contribution is 2.31. The second-order valence-electron chi connectivity index (χ2n) is 4.37. The Hall–Kier alpha value is -1.68. The zero-order valence-electron chi connectivity index (χ0n) is 10.6. The molecule has 0 amide bonds. The third kappa shape index (κ3) is 3.20. The van der Waals surface area contributed by atoms with E-state index in [1.807, 2.05) is 36.4 Å². The molecule has 2 rings (SSSR count). The molecular weight excluding hydrogens is 306 g/mol. The monoisotopic (exact) mass is 319 g/mol. The van der Waals surface area contributed by atoms with Crippen LogP contribution in [0.4, 0.5) is 5.69 Å². The number of nitro groups is 1. The zero-order valence-corrected chi connectivity index (χ0v) is 12.2. The minimum absolute atomic E-state index is 0.174. The van der Waals surface area contributed by atoms with Gasteiger partial charge in [0.2, 0.25) is 0 Å². The van der Waals surface area contributed by atoms with Crippen LogP contribution in [0.25, 0.3) is 11.1 Å². The average molecular weight is 320 g/mol. The van der Waals surface area contributed by atoms with Gasteiger partial charge in [0.05, 0.1) is 10.5 Å². The van der Waals surface area contributed by atoms with Crippen molar-refractivity contribution < 1.29 is 4.92 Å². The Balaban J connectivity index is 2.50. The fourth-order valence-corrected chi connectivity index (χ4v) is 2.31. The standard InChI is InChI=1S/C15H14BrNO2/c1-2-3-11-4-9-14(15(10-11)17(18)19)12-5-7-13(16)8-6-12/h4-10H,2-3H2,1H3. The van der Waals surface area contributed by atoms with E-state index in [9.17, 15) is 10.1 Å². The predicted molar refractivity (Wildman–Crippen MR) is 80.2 cm³/mol. The molecule has 0 aliphatic carbocycles. The lowest BCUT2D eigenvalue weighted by atomic mass is 10.00. The van der Waals surface area contributed by atoms with Gasteiger partial charge in [0.1, 0.15) is 0 Å². The summed E-state index contributed by atoms with van der Waals surface area (Å²) in [5, 5.41) is 11.2. The summed E-state index contributed by atoms with van der Waals surface area (Å²) in [7, 11) is 0. The quantitative estimate of drug-likeness (QED) is 0.589. The van der Waals surface area contributed by atoms with Gasteiger partial charge in [-0.05, 0) is 35.7 Å². The lowest BCUT2D eigenvalue weighted by molar-refractivity contribution is -0.384. The van der Waals surface area contributed by atoms with E-state index in [1.165, 1.54) is 0 Å². The van der Waals surface area contributed by atoms with Gasteiger partial charge in [0.25, 0.3) is 5.69 Å². The van der Waals surface area contributed by atoms with Crippen LogP contribution < -0.4 is 0 Å². The summed E-state index contributed by atoms with van der Waals surface area (Å²) >= 11 is 3.36. The van der Waals surface area contributed by atoms with Crippen LogP contribution in [0.5, 0.6) is 0 Å². The summed E-state index contributed by atoms with van der Waals surface area (Å²) in [6.07, 6.45) is 1.84. The third-order valence-corrected chi connectivity index (χ3v) is 3.48. The van der Waals surface area contributed by atoms with Crippen LogP contribution in [0.3, 0.4) is 0 Å². The van der Waals surface area contributed by atoms with Crippen LogP contribution in [0.1, 0.15) is 18.9 Å². The topological polar surface area (TPSA) is 43.1 Å². The molecule has 98 valence electrons. The molecule has 2 aromatic rings. The molecule has 0 saturated carbocycles. The summed E-state index contributed by atoms with van der Waals surface area (Å²) in [6.45, 7) is 2.06. The molecule has 0 bridgehead atoms. The number of hydrogen-bond acceptors (Lipinski definition) is 2. The van der Waals surface area contributed by atoms with Gasteiger partial charge in [0, 0.05) is 10.5 Å². The molecule has 0 atom stereocenters. The maximum atomic E-state index is 11.2. The molecule has 0 N–H and O–H groups in total. The molecule has 0 aliphatic heterocycles. The van der Waals surface area contributed by atoms with Crippen molar-refractivity contribution in [2.75, 3.05) is 0 Å². The normalized spacial score (nSPS) is 10.4. The Bertz CT molecular complexity index is 594. The van der Waals surface area contributed by atoms with E-state index >= 15 is 0 Å². The molecule has 0 heterocycles. The molecule has 0 spiro atoms. The molecule has 0 aromatic heterocycles. The highest BCUT2D eigenvalue weighted by atomic mass is 79.9. The second kappa shape index (κ2) is 5.97. The Kier molecular flexibility index (Phi) is 4.32. The molecule has 0 radical (unpaired) electrons. The molecule has 4 heteroatoms. The summed E-state index contributed by atoms with van der Waals surface area (Å²) in [6, 6.07) is 13.0. The minimum Gasteiger partial charge on any atom is -0.258 e. The maximum absolute atomic E-state index is 11.2. The molecule has 19 heavy (non-hydrogen) atoms. The molecule has 0 fully saturated rings. The first-order valence-electron chi connectivity index (χ1n) is 6.15. The van der Waals surface area contributed by atoms with E-state index in [0.29, 0.717) is 5.56 Å². The smallest absolute Gasteiger partial charge is 0.258 e. The predicted octanol–water partition coefficient (Wildman–Crippen LogP) is 4.98. The van der Waals surface area contributed by atoms with Crippen molar-refractivity contribution in [3.63, 3.8) is 0 Å². The fourth-order valence-electron chi connectivity index (χ4n) is 2.05. The van der Waals surface area contributed by atoms with E-state index in [1.54, 1.807) is 6.07 Å². The number of aryl methyl sites for hydroxylation is 1. The van der Waals surface area contributed by atoms with E-state index in [-0.39, 0.29) is 10.6 Å². The van der Waals surface area contributed by atoms with Crippen LogP contribution in [-0.2, 0) is 6.42 Å². The van der Waals surface area contributed by atoms with Crippen molar-refractivity contribution >= 4 is 21.6 Å². The molecular formula is C15H14BrNO2. The summed E-state index contributed by atoms with van der Waals surface area (Å²) < 4.78 is 0.960. The van der Waals surface area contributed by atoms with Crippen molar-refractivity contribution in [2.45, 2.75) is 19.8 Å². The van der Waals surface area contributed by atoms with Crippen LogP contribution in [0.2, 0.25) is 0 Å². The van der Waals surface area contributed by atoms with Crippen molar-refractivity contribution in [3.8, 4) is 11.1 Å². The molecule has 3 nitrogen and oxygen atoms in total. The molecule has 2 aromatic carbocycles. The Morgan fingerprint density at radius 3 is 2.42 bits per heavy atom. The zero-order chi connectivity index (χ0) is 13.8. The Morgan fingerprint density at radius 2 is 1.84 bits per heavy atom. The van der Waals surface area contributed by atoms with Gasteiger partial charge in [0.15, 0.2) is 0 Å². The van der Waals surface area contributed by atoms with Gasteiger partial charge in [-0.2, -0.15) is 0 Å². The van der Waals surface area contributed by atoms with E-state index in [4.69, 9.17) is 0 Å². The largest absolute Gasteiger partial charge is 0.277 e. The molecule has 0 saturated heterocycles. The molecule has 0 unspecified atom stereocenters. The summed E-state index contributed by atoms with van der Waals surface area (Å²) in [5.41, 5.74) is 2.71. The fraction of sp³-hybridized carbons (Fsp3) is 0.200. The van der Waals surface area contributed by atoms with Gasteiger partial charge in [-0.25, -0.2) is 0 Å². The van der Waals surface area contributed by atoms with Crippen molar-refractivity contribution in [1.29, 1.82) is 0 Å². The molecule has 0 aliphatic rings. The summed E-state index contributed by atoms with van der Waals surface area (Å²) in [4.78, 5) is 10.9. The lowest BCUT2D eigenvalue weighted by Crippen LogP contribution is -1.94. The third-order valence-electron chi connectivity index (χ3n) is 2.95. The number of nitro benzene ring substituents is 1. The van der Waals surface area contributed by atoms with E-state index < -0.39 is 0 Å². The van der Waals surface area contributed by atoms with E-state index in [2.05, 4.69) is 22.9 Å². The van der Waals surface area contributed by atoms with Crippen LogP contribution in [0, 0.1) is 10.1 Å². The van der Waals surface area contributed by atoms with Gasteiger partial charge in [-0.3, -0.25) is 10.1 Å². The number of halogens is 1. The van der Waals surface area contributed by atoms with Crippen molar-refractivity contribution in [1.82, 2.24) is 0 Å². The van der Waals surface area contributed by atoms with Crippen molar-refractivity contribution in [3.05, 3.63) is 62.6 Å². The number of rotatable bonds is 4. The highest BCUT2D eigenvalue weighted by Gasteiger charge is 2.15. The summed E-state index contributed by atoms with van der Waals surface area (Å²) in [5.74, 6) is 0. The van der Waals surface area contributed by atoms with Gasteiger partial charge in [-0.1, -0.05) is 47.5 Å². The number of benzene rings is 2. The van der Waals surface area contributed by atoms with Gasteiger partial charge in [-0.15, -0.1) is 0 Å². The average Bonchev–Trinajstić information content (AvgIpc) is 2.40. The second-order valence-corrected chi connectivity index (χ2v) is 5.28. The first-order chi connectivity index (χ1) is 9.11. The lowest BCUT2D eigenvalue weighted by Gasteiger charge is -2.06.